The maximum Gasteiger partial charge on any atom is 0.216 e. The highest BCUT2D eigenvalue weighted by atomic mass is 16.3. The molecule has 0 bridgehead atoms. The molecule has 1 amide bonds. The number of hydrogen-bond acceptors (Lipinski definition) is 3. The molecule has 1 aromatic carbocycles. The zero-order valence-corrected chi connectivity index (χ0v) is 12.8. The predicted octanol–water partition coefficient (Wildman–Crippen LogP) is 1.71. The first-order valence-corrected chi connectivity index (χ1v) is 7.92. The quantitative estimate of drug-likeness (QED) is 0.670. The molecule has 2 rings (SSSR count). The summed E-state index contributed by atoms with van der Waals surface area (Å²) in [4.78, 5) is 10.7. The molecule has 0 radical (unpaired) electrons. The van der Waals surface area contributed by atoms with Crippen molar-refractivity contribution in [3.63, 3.8) is 0 Å². The number of nitrogens with one attached hydrogen (secondary N) is 2. The molecule has 1 atom stereocenters. The van der Waals surface area contributed by atoms with E-state index in [-0.39, 0.29) is 5.91 Å². The molecule has 0 heterocycles. The monoisotopic (exact) mass is 290 g/mol. The number of aliphatic hydroxyl groups excluding tert-OH is 1. The summed E-state index contributed by atoms with van der Waals surface area (Å²) in [6.07, 6.45) is 5.15. The van der Waals surface area contributed by atoms with Gasteiger partial charge in [0.15, 0.2) is 0 Å². The second-order valence-electron chi connectivity index (χ2n) is 5.77. The maximum absolute atomic E-state index is 10.7. The van der Waals surface area contributed by atoms with Gasteiger partial charge in [-0.2, -0.15) is 0 Å². The van der Waals surface area contributed by atoms with Gasteiger partial charge < -0.3 is 15.7 Å². The molecular formula is C17H26N2O2. The summed E-state index contributed by atoms with van der Waals surface area (Å²) >= 11 is 0. The first kappa shape index (κ1) is 16.0. The maximum atomic E-state index is 10.7. The Bertz CT molecular complexity index is 474. The molecule has 0 aliphatic heterocycles. The number of hydrogen-bond donors (Lipinski definition) is 3. The lowest BCUT2D eigenvalue weighted by molar-refractivity contribution is -0.118. The normalized spacial score (nSPS) is 15.3. The third kappa shape index (κ3) is 5.14. The topological polar surface area (TPSA) is 61.4 Å². The summed E-state index contributed by atoms with van der Waals surface area (Å²) in [7, 11) is 0. The van der Waals surface area contributed by atoms with Gasteiger partial charge in [-0.25, -0.2) is 0 Å². The Kier molecular flexibility index (Phi) is 6.21. The minimum atomic E-state index is -0.412. The van der Waals surface area contributed by atoms with Crippen LogP contribution in [0.25, 0.3) is 0 Å². The predicted molar refractivity (Wildman–Crippen MR) is 84.2 cm³/mol. The lowest BCUT2D eigenvalue weighted by Gasteiger charge is -2.19. The van der Waals surface area contributed by atoms with Gasteiger partial charge in [0, 0.05) is 20.0 Å². The second kappa shape index (κ2) is 8.15. The van der Waals surface area contributed by atoms with E-state index in [1.54, 1.807) is 0 Å². The molecule has 21 heavy (non-hydrogen) atoms. The molecule has 116 valence electrons. The number of carbonyl (C=O) groups is 1. The van der Waals surface area contributed by atoms with Crippen molar-refractivity contribution in [3.8, 4) is 0 Å². The van der Waals surface area contributed by atoms with Crippen LogP contribution in [0.4, 0.5) is 0 Å². The van der Waals surface area contributed by atoms with Crippen molar-refractivity contribution in [2.75, 3.05) is 19.6 Å². The minimum absolute atomic E-state index is 0.00843. The zero-order valence-electron chi connectivity index (χ0n) is 12.8. The fraction of sp³-hybridized carbons (Fsp3) is 0.588. The second-order valence-corrected chi connectivity index (χ2v) is 5.77. The molecular weight excluding hydrogens is 264 g/mol. The van der Waals surface area contributed by atoms with Crippen molar-refractivity contribution >= 4 is 5.91 Å². The Morgan fingerprint density at radius 3 is 2.71 bits per heavy atom. The van der Waals surface area contributed by atoms with Crippen LogP contribution in [-0.4, -0.2) is 30.6 Å². The van der Waals surface area contributed by atoms with Gasteiger partial charge in [-0.05, 0) is 55.3 Å². The molecule has 0 saturated heterocycles. The molecule has 0 saturated carbocycles. The summed E-state index contributed by atoms with van der Waals surface area (Å²) in [6, 6.07) is 6.42. The fourth-order valence-electron chi connectivity index (χ4n) is 2.82. The molecule has 1 aliphatic carbocycles. The van der Waals surface area contributed by atoms with E-state index >= 15 is 0 Å². The summed E-state index contributed by atoms with van der Waals surface area (Å²) in [6.45, 7) is 3.62. The molecule has 0 spiro atoms. The number of fused-ring (bicyclic) bond motifs is 1. The van der Waals surface area contributed by atoms with Gasteiger partial charge in [0.05, 0.1) is 6.10 Å². The highest BCUT2D eigenvalue weighted by Gasteiger charge is 2.13. The SMILES string of the molecule is CC(=O)NCCNCCC(O)c1ccc2c(c1)CCCC2. The summed E-state index contributed by atoms with van der Waals surface area (Å²) in [5.74, 6) is -0.00843. The van der Waals surface area contributed by atoms with E-state index in [0.29, 0.717) is 13.0 Å². The van der Waals surface area contributed by atoms with Gasteiger partial charge in [0.1, 0.15) is 0 Å². The number of aryl methyl sites for hydroxylation is 2. The van der Waals surface area contributed by atoms with E-state index in [0.717, 1.165) is 25.1 Å². The summed E-state index contributed by atoms with van der Waals surface area (Å²) in [5.41, 5.74) is 3.89. The Balaban J connectivity index is 1.73. The van der Waals surface area contributed by atoms with Crippen LogP contribution in [-0.2, 0) is 17.6 Å². The van der Waals surface area contributed by atoms with Crippen LogP contribution in [0.2, 0.25) is 0 Å². The highest BCUT2D eigenvalue weighted by Crippen LogP contribution is 2.25. The van der Waals surface area contributed by atoms with Crippen LogP contribution < -0.4 is 10.6 Å². The molecule has 4 nitrogen and oxygen atoms in total. The first-order valence-electron chi connectivity index (χ1n) is 7.92. The van der Waals surface area contributed by atoms with Gasteiger partial charge in [-0.1, -0.05) is 18.2 Å². The molecule has 1 unspecified atom stereocenters. The average Bonchev–Trinajstić information content (AvgIpc) is 2.49. The van der Waals surface area contributed by atoms with Crippen molar-refractivity contribution < 1.29 is 9.90 Å². The lowest BCUT2D eigenvalue weighted by atomic mass is 9.89. The van der Waals surface area contributed by atoms with Crippen LogP contribution in [0.1, 0.15) is 49.0 Å². The van der Waals surface area contributed by atoms with Crippen molar-refractivity contribution in [1.82, 2.24) is 10.6 Å². The first-order chi connectivity index (χ1) is 10.2. The average molecular weight is 290 g/mol. The highest BCUT2D eigenvalue weighted by molar-refractivity contribution is 5.72. The van der Waals surface area contributed by atoms with Gasteiger partial charge in [-0.3, -0.25) is 4.79 Å². The van der Waals surface area contributed by atoms with E-state index in [1.165, 1.54) is 37.3 Å². The largest absolute Gasteiger partial charge is 0.388 e. The number of carbonyl (C=O) groups excluding carboxylic acids is 1. The molecule has 1 aliphatic rings. The molecule has 4 heteroatoms. The van der Waals surface area contributed by atoms with Crippen molar-refractivity contribution in [1.29, 1.82) is 0 Å². The van der Waals surface area contributed by atoms with Crippen LogP contribution in [0.3, 0.4) is 0 Å². The van der Waals surface area contributed by atoms with Crippen LogP contribution >= 0.6 is 0 Å². The van der Waals surface area contributed by atoms with Crippen LogP contribution in [0.5, 0.6) is 0 Å². The van der Waals surface area contributed by atoms with E-state index < -0.39 is 6.10 Å². The number of rotatable bonds is 7. The Morgan fingerprint density at radius 2 is 1.95 bits per heavy atom. The smallest absolute Gasteiger partial charge is 0.216 e. The van der Waals surface area contributed by atoms with E-state index in [1.807, 2.05) is 0 Å². The molecule has 0 fully saturated rings. The third-order valence-corrected chi connectivity index (χ3v) is 4.03. The fourth-order valence-corrected chi connectivity index (χ4v) is 2.82. The summed E-state index contributed by atoms with van der Waals surface area (Å²) in [5, 5.41) is 16.2. The van der Waals surface area contributed by atoms with E-state index in [4.69, 9.17) is 0 Å². The summed E-state index contributed by atoms with van der Waals surface area (Å²) < 4.78 is 0. The minimum Gasteiger partial charge on any atom is -0.388 e. The third-order valence-electron chi connectivity index (χ3n) is 4.03. The van der Waals surface area contributed by atoms with Gasteiger partial charge in [-0.15, -0.1) is 0 Å². The number of aliphatic hydroxyl groups is 1. The Morgan fingerprint density at radius 1 is 1.19 bits per heavy atom. The molecule has 0 aromatic heterocycles. The van der Waals surface area contributed by atoms with Crippen molar-refractivity contribution in [2.45, 2.75) is 45.1 Å². The zero-order chi connectivity index (χ0) is 15.1. The number of amides is 1. The van der Waals surface area contributed by atoms with E-state index in [2.05, 4.69) is 28.8 Å². The number of benzene rings is 1. The molecule has 1 aromatic rings. The molecule has 3 N–H and O–H groups in total. The van der Waals surface area contributed by atoms with Gasteiger partial charge >= 0.3 is 0 Å². The van der Waals surface area contributed by atoms with Crippen LogP contribution in [0.15, 0.2) is 18.2 Å². The van der Waals surface area contributed by atoms with Crippen molar-refractivity contribution in [2.24, 2.45) is 0 Å². The Hall–Kier alpha value is -1.39. The van der Waals surface area contributed by atoms with Gasteiger partial charge in [0.25, 0.3) is 0 Å². The van der Waals surface area contributed by atoms with Gasteiger partial charge in [0.2, 0.25) is 5.91 Å². The lowest BCUT2D eigenvalue weighted by Crippen LogP contribution is -2.31. The van der Waals surface area contributed by atoms with Crippen LogP contribution in [0, 0.1) is 0 Å². The van der Waals surface area contributed by atoms with Crippen molar-refractivity contribution in [3.05, 3.63) is 34.9 Å². The Labute approximate surface area is 126 Å². The van der Waals surface area contributed by atoms with E-state index in [9.17, 15) is 9.90 Å². The standard InChI is InChI=1S/C17H26N2O2/c1-13(20)19-11-10-18-9-8-17(21)16-7-6-14-4-2-3-5-15(14)12-16/h6-7,12,17-18,21H,2-5,8-11H2,1H3,(H,19,20).